The van der Waals surface area contributed by atoms with Crippen LogP contribution in [0, 0.1) is 0 Å². The first-order valence-corrected chi connectivity index (χ1v) is 8.24. The molecule has 0 unspecified atom stereocenters. The Morgan fingerprint density at radius 1 is 0.520 bits per heavy atom. The average molecular weight is 320 g/mol. The molecule has 0 N–H and O–H groups in total. The zero-order chi connectivity index (χ0) is 16.4. The first-order valence-electron chi connectivity index (χ1n) is 8.24. The van der Waals surface area contributed by atoms with Crippen LogP contribution in [0.5, 0.6) is 0 Å². The molecule has 0 bridgehead atoms. The van der Waals surface area contributed by atoms with Crippen LogP contribution in [-0.4, -0.2) is 19.4 Å². The van der Waals surface area contributed by atoms with Gasteiger partial charge in [0.2, 0.25) is 0 Å². The van der Waals surface area contributed by atoms with Crippen molar-refractivity contribution in [1.29, 1.82) is 0 Å². The highest BCUT2D eigenvalue weighted by atomic mass is 15.1. The average Bonchev–Trinajstić information content (AvgIpc) is 3.05. The van der Waals surface area contributed by atoms with E-state index in [4.69, 9.17) is 15.0 Å². The SMILES string of the molecule is c1ccc2nc3c(nc2c1)nc1c2ccccc2c2ccccc2n31. The summed E-state index contributed by atoms with van der Waals surface area (Å²) >= 11 is 0. The molecule has 0 aliphatic rings. The van der Waals surface area contributed by atoms with Crippen molar-refractivity contribution in [3.05, 3.63) is 72.8 Å². The molecule has 6 aromatic rings. The zero-order valence-electron chi connectivity index (χ0n) is 13.2. The number of benzene rings is 3. The molecule has 4 nitrogen and oxygen atoms in total. The molecule has 0 atom stereocenters. The Morgan fingerprint density at radius 2 is 1.16 bits per heavy atom. The number of aromatic nitrogens is 4. The number of para-hydroxylation sites is 3. The Bertz CT molecular complexity index is 1450. The van der Waals surface area contributed by atoms with Crippen LogP contribution < -0.4 is 0 Å². The Labute approximate surface area is 142 Å². The molecule has 3 aromatic heterocycles. The smallest absolute Gasteiger partial charge is 0.199 e. The Kier molecular flexibility index (Phi) is 2.32. The van der Waals surface area contributed by atoms with Crippen LogP contribution in [0.2, 0.25) is 0 Å². The second-order valence-corrected chi connectivity index (χ2v) is 6.19. The van der Waals surface area contributed by atoms with Gasteiger partial charge in [-0.05, 0) is 23.6 Å². The van der Waals surface area contributed by atoms with Crippen molar-refractivity contribution in [2.45, 2.75) is 0 Å². The summed E-state index contributed by atoms with van der Waals surface area (Å²) in [4.78, 5) is 14.4. The summed E-state index contributed by atoms with van der Waals surface area (Å²) < 4.78 is 2.13. The van der Waals surface area contributed by atoms with Gasteiger partial charge in [0, 0.05) is 10.8 Å². The fraction of sp³-hybridized carbons (Fsp3) is 0. The molecule has 3 heterocycles. The van der Waals surface area contributed by atoms with Crippen LogP contribution in [0.1, 0.15) is 0 Å². The minimum absolute atomic E-state index is 0.681. The maximum atomic E-state index is 4.86. The second-order valence-electron chi connectivity index (χ2n) is 6.19. The van der Waals surface area contributed by atoms with Crippen LogP contribution >= 0.6 is 0 Å². The number of pyridine rings is 1. The summed E-state index contributed by atoms with van der Waals surface area (Å²) in [6.45, 7) is 0. The van der Waals surface area contributed by atoms with Crippen LogP contribution in [-0.2, 0) is 0 Å². The monoisotopic (exact) mass is 320 g/mol. The highest BCUT2D eigenvalue weighted by Gasteiger charge is 2.15. The van der Waals surface area contributed by atoms with Gasteiger partial charge in [-0.3, -0.25) is 4.40 Å². The molecule has 25 heavy (non-hydrogen) atoms. The largest absolute Gasteiger partial charge is 0.275 e. The van der Waals surface area contributed by atoms with Gasteiger partial charge in [0.1, 0.15) is 5.65 Å². The van der Waals surface area contributed by atoms with Gasteiger partial charge in [0.25, 0.3) is 0 Å². The van der Waals surface area contributed by atoms with Crippen LogP contribution in [0.4, 0.5) is 0 Å². The minimum Gasteiger partial charge on any atom is -0.275 e. The third-order valence-electron chi connectivity index (χ3n) is 4.77. The highest BCUT2D eigenvalue weighted by Crippen LogP contribution is 2.31. The van der Waals surface area contributed by atoms with Gasteiger partial charge >= 0.3 is 0 Å². The first kappa shape index (κ1) is 12.8. The first-order chi connectivity index (χ1) is 12.4. The fourth-order valence-corrected chi connectivity index (χ4v) is 3.68. The maximum absolute atomic E-state index is 4.86. The van der Waals surface area contributed by atoms with E-state index < -0.39 is 0 Å². The molecule has 0 radical (unpaired) electrons. The summed E-state index contributed by atoms with van der Waals surface area (Å²) in [6, 6.07) is 24.7. The van der Waals surface area contributed by atoms with Crippen LogP contribution in [0.25, 0.3) is 49.7 Å². The van der Waals surface area contributed by atoms with E-state index in [9.17, 15) is 0 Å². The van der Waals surface area contributed by atoms with E-state index in [2.05, 4.69) is 46.9 Å². The summed E-state index contributed by atoms with van der Waals surface area (Å²) in [6.07, 6.45) is 0. The predicted molar refractivity (Wildman–Crippen MR) is 101 cm³/mol. The summed E-state index contributed by atoms with van der Waals surface area (Å²) in [5.41, 5.74) is 5.24. The lowest BCUT2D eigenvalue weighted by Crippen LogP contribution is -1.93. The molecule has 0 aliphatic heterocycles. The molecule has 0 aliphatic carbocycles. The van der Waals surface area contributed by atoms with Crippen molar-refractivity contribution in [2.24, 2.45) is 0 Å². The third-order valence-corrected chi connectivity index (χ3v) is 4.77. The Morgan fingerprint density at radius 3 is 2.00 bits per heavy atom. The molecule has 0 saturated heterocycles. The van der Waals surface area contributed by atoms with E-state index in [1.54, 1.807) is 0 Å². The van der Waals surface area contributed by atoms with Gasteiger partial charge in [-0.1, -0.05) is 54.6 Å². The molecule has 3 aromatic carbocycles. The lowest BCUT2D eigenvalue weighted by atomic mass is 10.1. The number of imidazole rings is 1. The quantitative estimate of drug-likeness (QED) is 0.380. The molecule has 0 saturated carbocycles. The normalized spacial score (nSPS) is 12.0. The summed E-state index contributed by atoms with van der Waals surface area (Å²) in [7, 11) is 0. The predicted octanol–water partition coefficient (Wildman–Crippen LogP) is 4.74. The van der Waals surface area contributed by atoms with Crippen molar-refractivity contribution < 1.29 is 0 Å². The van der Waals surface area contributed by atoms with Crippen molar-refractivity contribution in [1.82, 2.24) is 19.4 Å². The van der Waals surface area contributed by atoms with Crippen LogP contribution in [0.15, 0.2) is 72.8 Å². The van der Waals surface area contributed by atoms with Gasteiger partial charge < -0.3 is 0 Å². The number of hydrogen-bond acceptors (Lipinski definition) is 3. The lowest BCUT2D eigenvalue weighted by Gasteiger charge is -2.08. The van der Waals surface area contributed by atoms with Gasteiger partial charge in [-0.25, -0.2) is 15.0 Å². The summed E-state index contributed by atoms with van der Waals surface area (Å²) in [5.74, 6) is 0. The topological polar surface area (TPSA) is 43.1 Å². The van der Waals surface area contributed by atoms with Crippen molar-refractivity contribution >= 4 is 49.7 Å². The standard InChI is InChI=1S/C21H12N4/c1-2-9-15-13(7-1)14-8-3-6-12-18(14)25-20(15)24-19-21(25)23-17-11-5-4-10-16(17)22-19/h1-12H. The van der Waals surface area contributed by atoms with E-state index in [-0.39, 0.29) is 0 Å². The molecular weight excluding hydrogens is 308 g/mol. The van der Waals surface area contributed by atoms with E-state index in [0.29, 0.717) is 5.65 Å². The van der Waals surface area contributed by atoms with Gasteiger partial charge in [-0.2, -0.15) is 0 Å². The van der Waals surface area contributed by atoms with E-state index in [1.807, 2.05) is 30.3 Å². The van der Waals surface area contributed by atoms with Gasteiger partial charge in [0.05, 0.1) is 16.6 Å². The van der Waals surface area contributed by atoms with E-state index in [1.165, 1.54) is 10.8 Å². The van der Waals surface area contributed by atoms with Crippen LogP contribution in [0.3, 0.4) is 0 Å². The second kappa shape index (κ2) is 4.51. The maximum Gasteiger partial charge on any atom is 0.199 e. The number of fused-ring (bicyclic) bond motifs is 9. The summed E-state index contributed by atoms with van der Waals surface area (Å²) in [5, 5.41) is 3.51. The zero-order valence-corrected chi connectivity index (χ0v) is 13.2. The number of rotatable bonds is 0. The molecular formula is C21H12N4. The molecule has 0 fully saturated rings. The highest BCUT2D eigenvalue weighted by molar-refractivity contribution is 6.13. The van der Waals surface area contributed by atoms with Gasteiger partial charge in [-0.15, -0.1) is 0 Å². The van der Waals surface area contributed by atoms with E-state index >= 15 is 0 Å². The van der Waals surface area contributed by atoms with Gasteiger partial charge in [0.15, 0.2) is 11.3 Å². The molecule has 6 rings (SSSR count). The molecule has 0 spiro atoms. The third kappa shape index (κ3) is 1.63. The minimum atomic E-state index is 0.681. The molecule has 0 amide bonds. The fourth-order valence-electron chi connectivity index (χ4n) is 3.68. The van der Waals surface area contributed by atoms with Crippen molar-refractivity contribution in [3.8, 4) is 0 Å². The van der Waals surface area contributed by atoms with Crippen molar-refractivity contribution in [3.63, 3.8) is 0 Å². The molecule has 116 valence electrons. The Balaban J connectivity index is 1.98. The van der Waals surface area contributed by atoms with Crippen molar-refractivity contribution in [2.75, 3.05) is 0 Å². The number of nitrogens with zero attached hydrogens (tertiary/aromatic N) is 4. The van der Waals surface area contributed by atoms with E-state index in [0.717, 1.165) is 33.2 Å². The lowest BCUT2D eigenvalue weighted by molar-refractivity contribution is 1.26. The molecule has 4 heteroatoms. The Hall–Kier alpha value is -3.53. The number of hydrogen-bond donors (Lipinski definition) is 0.